The summed E-state index contributed by atoms with van der Waals surface area (Å²) in [6.45, 7) is 2.84. The number of rotatable bonds is 4. The number of aromatic nitrogens is 7. The Kier molecular flexibility index (Phi) is 3.80. The largest absolute Gasteiger partial charge is 0.337 e. The zero-order chi connectivity index (χ0) is 19.2. The van der Waals surface area contributed by atoms with Gasteiger partial charge in [-0.25, -0.2) is 9.67 Å². The number of anilines is 1. The van der Waals surface area contributed by atoms with E-state index in [0.717, 1.165) is 53.4 Å². The monoisotopic (exact) mass is 387 g/mol. The van der Waals surface area contributed by atoms with Gasteiger partial charge in [0.2, 0.25) is 5.95 Å². The number of hydrogen-bond donors (Lipinski definition) is 2. The fourth-order valence-corrected chi connectivity index (χ4v) is 4.16. The van der Waals surface area contributed by atoms with Gasteiger partial charge in [-0.3, -0.25) is 5.10 Å². The summed E-state index contributed by atoms with van der Waals surface area (Å²) in [4.78, 5) is 6.87. The van der Waals surface area contributed by atoms with E-state index < -0.39 is 0 Å². The second-order valence-corrected chi connectivity index (χ2v) is 7.73. The van der Waals surface area contributed by atoms with Crippen LogP contribution in [0.15, 0.2) is 43.0 Å². The Bertz CT molecular complexity index is 1130. The number of nitrogens with zero attached hydrogens (tertiary/aromatic N) is 7. The smallest absolute Gasteiger partial charge is 0.245 e. The van der Waals surface area contributed by atoms with Crippen LogP contribution in [0.1, 0.15) is 12.8 Å². The van der Waals surface area contributed by atoms with Gasteiger partial charge in [0.15, 0.2) is 0 Å². The first-order valence-electron chi connectivity index (χ1n) is 10.0. The third-order valence-electron chi connectivity index (χ3n) is 5.85. The molecule has 9 nitrogen and oxygen atoms in total. The minimum Gasteiger partial charge on any atom is -0.337 e. The van der Waals surface area contributed by atoms with Crippen LogP contribution >= 0.6 is 0 Å². The zero-order valence-corrected chi connectivity index (χ0v) is 15.9. The molecule has 0 unspecified atom stereocenters. The van der Waals surface area contributed by atoms with Gasteiger partial charge in [0.1, 0.15) is 5.69 Å². The van der Waals surface area contributed by atoms with Gasteiger partial charge in [0.25, 0.3) is 0 Å². The highest BCUT2D eigenvalue weighted by Crippen LogP contribution is 2.34. The first-order valence-corrected chi connectivity index (χ1v) is 10.0. The summed E-state index contributed by atoms with van der Waals surface area (Å²) >= 11 is 0. The molecule has 1 atom stereocenters. The van der Waals surface area contributed by atoms with Crippen molar-refractivity contribution in [2.45, 2.75) is 18.9 Å². The fraction of sp³-hybridized carbons (Fsp3) is 0.350. The molecule has 0 spiro atoms. The molecule has 4 aromatic rings. The van der Waals surface area contributed by atoms with Gasteiger partial charge >= 0.3 is 0 Å². The number of piperazine rings is 1. The van der Waals surface area contributed by atoms with Crippen LogP contribution in [0.4, 0.5) is 5.95 Å². The molecule has 0 bridgehead atoms. The van der Waals surface area contributed by atoms with Crippen molar-refractivity contribution in [1.82, 2.24) is 40.5 Å². The average molecular weight is 387 g/mol. The summed E-state index contributed by atoms with van der Waals surface area (Å²) in [5, 5.41) is 25.2. The number of hydrogen-bond acceptors (Lipinski definition) is 7. The molecule has 1 saturated carbocycles. The molecular weight excluding hydrogens is 366 g/mol. The van der Waals surface area contributed by atoms with Crippen LogP contribution in [-0.4, -0.2) is 60.8 Å². The second-order valence-electron chi connectivity index (χ2n) is 7.73. The van der Waals surface area contributed by atoms with E-state index in [1.54, 1.807) is 6.20 Å². The molecule has 4 heterocycles. The summed E-state index contributed by atoms with van der Waals surface area (Å²) in [7, 11) is 0. The van der Waals surface area contributed by atoms with Crippen molar-refractivity contribution in [2.75, 3.05) is 24.5 Å². The van der Waals surface area contributed by atoms with Crippen LogP contribution < -0.4 is 10.2 Å². The van der Waals surface area contributed by atoms with Crippen molar-refractivity contribution < 1.29 is 0 Å². The highest BCUT2D eigenvalue weighted by Gasteiger charge is 2.34. The number of aromatic amines is 1. The van der Waals surface area contributed by atoms with Gasteiger partial charge in [-0.2, -0.15) is 10.2 Å². The molecule has 1 aliphatic heterocycles. The molecule has 1 aromatic carbocycles. The maximum Gasteiger partial charge on any atom is 0.245 e. The first-order chi connectivity index (χ1) is 14.4. The van der Waals surface area contributed by atoms with Gasteiger partial charge in [-0.1, -0.05) is 0 Å². The lowest BCUT2D eigenvalue weighted by molar-refractivity contribution is 0.414. The van der Waals surface area contributed by atoms with Gasteiger partial charge in [0, 0.05) is 49.0 Å². The SMILES string of the molecule is c1cnn(-c2ccc(-c3cnc(N4CCN[C@@H](C5CC5)C4)nn3)c3cn[nH]c23)c1. The standard InChI is InChI=1S/C20H21N9/c1-6-24-29(8-1)18-5-4-14(15-10-23-26-19(15)18)16-11-22-20(27-25-16)28-9-7-21-17(12-28)13-2-3-13/h1,4-6,8,10-11,13,17,21H,2-3,7,9,12H2,(H,23,26)/t17-/m1/s1. The van der Waals surface area contributed by atoms with E-state index in [4.69, 9.17) is 0 Å². The molecule has 9 heteroatoms. The summed E-state index contributed by atoms with van der Waals surface area (Å²) < 4.78 is 1.82. The Morgan fingerprint density at radius 1 is 1.10 bits per heavy atom. The lowest BCUT2D eigenvalue weighted by atomic mass is 10.1. The zero-order valence-electron chi connectivity index (χ0n) is 15.9. The van der Waals surface area contributed by atoms with Gasteiger partial charge in [-0.15, -0.1) is 10.2 Å². The Labute approximate surface area is 167 Å². The fourth-order valence-electron chi connectivity index (χ4n) is 4.16. The average Bonchev–Trinajstić information content (AvgIpc) is 3.26. The highest BCUT2D eigenvalue weighted by molar-refractivity contribution is 5.97. The van der Waals surface area contributed by atoms with Gasteiger partial charge in [-0.05, 0) is 37.0 Å². The van der Waals surface area contributed by atoms with Gasteiger partial charge < -0.3 is 10.2 Å². The number of nitrogens with one attached hydrogen (secondary N) is 2. The van der Waals surface area contributed by atoms with Crippen LogP contribution in [-0.2, 0) is 0 Å². The van der Waals surface area contributed by atoms with E-state index in [2.05, 4.69) is 40.7 Å². The van der Waals surface area contributed by atoms with Crippen LogP contribution in [0, 0.1) is 5.92 Å². The van der Waals surface area contributed by atoms with Crippen molar-refractivity contribution in [1.29, 1.82) is 0 Å². The van der Waals surface area contributed by atoms with E-state index in [1.165, 1.54) is 12.8 Å². The molecular formula is C20H21N9. The molecule has 1 aliphatic carbocycles. The van der Waals surface area contributed by atoms with E-state index in [9.17, 15) is 0 Å². The third kappa shape index (κ3) is 2.94. The minimum absolute atomic E-state index is 0.549. The predicted octanol–water partition coefficient (Wildman–Crippen LogP) is 1.79. The van der Waals surface area contributed by atoms with E-state index in [0.29, 0.717) is 12.0 Å². The Morgan fingerprint density at radius 2 is 2.07 bits per heavy atom. The van der Waals surface area contributed by atoms with Crippen LogP contribution in [0.3, 0.4) is 0 Å². The Balaban J connectivity index is 1.31. The topological polar surface area (TPSA) is 100 Å². The number of H-pyrrole nitrogens is 1. The first kappa shape index (κ1) is 16.6. The lowest BCUT2D eigenvalue weighted by Crippen LogP contribution is -2.52. The summed E-state index contributed by atoms with van der Waals surface area (Å²) in [6.07, 6.45) is 9.95. The van der Waals surface area contributed by atoms with Crippen molar-refractivity contribution in [3.05, 3.63) is 43.0 Å². The lowest BCUT2D eigenvalue weighted by Gasteiger charge is -2.33. The molecule has 1 saturated heterocycles. The summed E-state index contributed by atoms with van der Waals surface area (Å²) in [5.74, 6) is 1.52. The third-order valence-corrected chi connectivity index (χ3v) is 5.85. The van der Waals surface area contributed by atoms with Crippen molar-refractivity contribution >= 4 is 16.9 Å². The molecule has 146 valence electrons. The molecule has 0 amide bonds. The molecule has 29 heavy (non-hydrogen) atoms. The maximum atomic E-state index is 4.63. The molecule has 2 N–H and O–H groups in total. The van der Waals surface area contributed by atoms with Crippen LogP contribution in [0.5, 0.6) is 0 Å². The normalized spacial score (nSPS) is 19.7. The van der Waals surface area contributed by atoms with E-state index >= 15 is 0 Å². The van der Waals surface area contributed by atoms with Gasteiger partial charge in [0.05, 0.1) is 23.6 Å². The molecule has 6 rings (SSSR count). The maximum absolute atomic E-state index is 4.63. The number of fused-ring (bicyclic) bond motifs is 1. The second kappa shape index (κ2) is 6.63. The Hall–Kier alpha value is -3.33. The van der Waals surface area contributed by atoms with E-state index in [-0.39, 0.29) is 0 Å². The minimum atomic E-state index is 0.549. The molecule has 2 fully saturated rings. The number of benzene rings is 1. The highest BCUT2D eigenvalue weighted by atomic mass is 15.3. The van der Waals surface area contributed by atoms with Crippen LogP contribution in [0.2, 0.25) is 0 Å². The van der Waals surface area contributed by atoms with E-state index in [1.807, 2.05) is 41.5 Å². The quantitative estimate of drug-likeness (QED) is 0.551. The molecule has 0 radical (unpaired) electrons. The van der Waals surface area contributed by atoms with Crippen molar-refractivity contribution in [3.63, 3.8) is 0 Å². The van der Waals surface area contributed by atoms with Crippen molar-refractivity contribution in [2.24, 2.45) is 5.92 Å². The summed E-state index contributed by atoms with van der Waals surface area (Å²) in [6, 6.07) is 6.48. The van der Waals surface area contributed by atoms with Crippen LogP contribution in [0.25, 0.3) is 27.8 Å². The molecule has 3 aromatic heterocycles. The molecule has 2 aliphatic rings. The van der Waals surface area contributed by atoms with Crippen molar-refractivity contribution in [3.8, 4) is 16.9 Å². The Morgan fingerprint density at radius 3 is 2.86 bits per heavy atom. The summed E-state index contributed by atoms with van der Waals surface area (Å²) in [5.41, 5.74) is 3.54. The predicted molar refractivity (Wildman–Crippen MR) is 109 cm³/mol.